The number of para-hydroxylation sites is 1. The Morgan fingerprint density at radius 2 is 2.16 bits per heavy atom. The quantitative estimate of drug-likeness (QED) is 0.673. The minimum absolute atomic E-state index is 0.226. The minimum atomic E-state index is 0.226. The highest BCUT2D eigenvalue weighted by molar-refractivity contribution is 5.45. The molecule has 0 saturated heterocycles. The third-order valence-electron chi connectivity index (χ3n) is 3.80. The predicted octanol–water partition coefficient (Wildman–Crippen LogP) is 2.04. The number of phenols is 1. The van der Waals surface area contributed by atoms with Crippen molar-refractivity contribution in [2.24, 2.45) is 5.41 Å². The van der Waals surface area contributed by atoms with Gasteiger partial charge in [-0.05, 0) is 37.7 Å². The second-order valence-electron chi connectivity index (χ2n) is 5.27. The van der Waals surface area contributed by atoms with Crippen LogP contribution in [0.5, 0.6) is 11.5 Å². The number of benzene rings is 1. The van der Waals surface area contributed by atoms with E-state index in [1.54, 1.807) is 6.07 Å². The van der Waals surface area contributed by atoms with Gasteiger partial charge in [0.15, 0.2) is 11.5 Å². The SMILES string of the molecule is CCOc1cccc(CNCC2(CCO)CC2)c1O. The molecule has 0 bridgehead atoms. The van der Waals surface area contributed by atoms with Crippen LogP contribution in [0.4, 0.5) is 0 Å². The number of aliphatic hydroxyl groups excluding tert-OH is 1. The Labute approximate surface area is 114 Å². The van der Waals surface area contributed by atoms with E-state index >= 15 is 0 Å². The van der Waals surface area contributed by atoms with Gasteiger partial charge in [0.25, 0.3) is 0 Å². The summed E-state index contributed by atoms with van der Waals surface area (Å²) in [4.78, 5) is 0. The van der Waals surface area contributed by atoms with Gasteiger partial charge in [0.1, 0.15) is 0 Å². The number of rotatable bonds is 8. The minimum Gasteiger partial charge on any atom is -0.504 e. The van der Waals surface area contributed by atoms with Gasteiger partial charge in [-0.15, -0.1) is 0 Å². The van der Waals surface area contributed by atoms with E-state index in [1.807, 2.05) is 19.1 Å². The van der Waals surface area contributed by atoms with E-state index in [0.717, 1.165) is 18.5 Å². The van der Waals surface area contributed by atoms with Gasteiger partial charge in [0, 0.05) is 25.3 Å². The molecule has 0 unspecified atom stereocenters. The van der Waals surface area contributed by atoms with Crippen molar-refractivity contribution in [3.63, 3.8) is 0 Å². The van der Waals surface area contributed by atoms with E-state index < -0.39 is 0 Å². The molecule has 1 aromatic rings. The molecular weight excluding hydrogens is 242 g/mol. The van der Waals surface area contributed by atoms with Crippen LogP contribution in [0.25, 0.3) is 0 Å². The molecule has 1 aliphatic carbocycles. The Hall–Kier alpha value is -1.26. The molecule has 3 N–H and O–H groups in total. The van der Waals surface area contributed by atoms with Crippen LogP contribution in [0.15, 0.2) is 18.2 Å². The van der Waals surface area contributed by atoms with Crippen LogP contribution in [-0.4, -0.2) is 30.0 Å². The Bertz CT molecular complexity index is 416. The molecule has 0 aliphatic heterocycles. The van der Waals surface area contributed by atoms with Crippen molar-refractivity contribution < 1.29 is 14.9 Å². The van der Waals surface area contributed by atoms with Crippen molar-refractivity contribution in [1.82, 2.24) is 5.32 Å². The third kappa shape index (κ3) is 3.61. The van der Waals surface area contributed by atoms with E-state index in [4.69, 9.17) is 9.84 Å². The normalized spacial score (nSPS) is 16.3. The van der Waals surface area contributed by atoms with E-state index in [9.17, 15) is 5.11 Å². The molecule has 1 aliphatic rings. The number of hydrogen-bond donors (Lipinski definition) is 3. The summed E-state index contributed by atoms with van der Waals surface area (Å²) in [5.74, 6) is 0.766. The first-order valence-corrected chi connectivity index (χ1v) is 6.96. The van der Waals surface area contributed by atoms with Crippen LogP contribution >= 0.6 is 0 Å². The second-order valence-corrected chi connectivity index (χ2v) is 5.27. The molecule has 0 radical (unpaired) electrons. The fourth-order valence-corrected chi connectivity index (χ4v) is 2.37. The molecule has 2 rings (SSSR count). The van der Waals surface area contributed by atoms with Crippen LogP contribution in [-0.2, 0) is 6.54 Å². The summed E-state index contributed by atoms with van der Waals surface area (Å²) in [7, 11) is 0. The maximum Gasteiger partial charge on any atom is 0.162 e. The zero-order valence-corrected chi connectivity index (χ0v) is 11.5. The van der Waals surface area contributed by atoms with Crippen molar-refractivity contribution in [3.8, 4) is 11.5 Å². The standard InChI is InChI=1S/C15H23NO3/c1-2-19-13-5-3-4-12(14(13)18)10-16-11-15(6-7-15)8-9-17/h3-5,16-18H,2,6-11H2,1H3. The molecule has 4 heteroatoms. The van der Waals surface area contributed by atoms with Gasteiger partial charge >= 0.3 is 0 Å². The van der Waals surface area contributed by atoms with Crippen molar-refractivity contribution >= 4 is 0 Å². The second kappa shape index (κ2) is 6.26. The lowest BCUT2D eigenvalue weighted by atomic mass is 10.0. The summed E-state index contributed by atoms with van der Waals surface area (Å²) in [6, 6.07) is 5.56. The van der Waals surface area contributed by atoms with Crippen molar-refractivity contribution in [2.45, 2.75) is 32.7 Å². The van der Waals surface area contributed by atoms with Gasteiger partial charge in [-0.2, -0.15) is 0 Å². The Morgan fingerprint density at radius 3 is 2.79 bits per heavy atom. The van der Waals surface area contributed by atoms with Crippen molar-refractivity contribution in [2.75, 3.05) is 19.8 Å². The Morgan fingerprint density at radius 1 is 1.37 bits per heavy atom. The molecule has 0 spiro atoms. The van der Waals surface area contributed by atoms with Gasteiger partial charge in [-0.3, -0.25) is 0 Å². The van der Waals surface area contributed by atoms with Gasteiger partial charge < -0.3 is 20.3 Å². The average Bonchev–Trinajstić information content (AvgIpc) is 3.15. The summed E-state index contributed by atoms with van der Waals surface area (Å²) in [5.41, 5.74) is 1.15. The number of ether oxygens (including phenoxy) is 1. The average molecular weight is 265 g/mol. The number of hydrogen-bond acceptors (Lipinski definition) is 4. The van der Waals surface area contributed by atoms with Gasteiger partial charge in [-0.25, -0.2) is 0 Å². The highest BCUT2D eigenvalue weighted by Crippen LogP contribution is 2.48. The fourth-order valence-electron chi connectivity index (χ4n) is 2.37. The predicted molar refractivity (Wildman–Crippen MR) is 74.4 cm³/mol. The molecular formula is C15H23NO3. The van der Waals surface area contributed by atoms with Crippen LogP contribution < -0.4 is 10.1 Å². The molecule has 0 aromatic heterocycles. The number of aliphatic hydroxyl groups is 1. The number of aromatic hydroxyl groups is 1. The van der Waals surface area contributed by atoms with Crippen LogP contribution in [0, 0.1) is 5.41 Å². The lowest BCUT2D eigenvalue weighted by Crippen LogP contribution is -2.24. The van der Waals surface area contributed by atoms with Crippen LogP contribution in [0.1, 0.15) is 31.7 Å². The molecule has 4 nitrogen and oxygen atoms in total. The first kappa shape index (κ1) is 14.2. The summed E-state index contributed by atoms with van der Waals surface area (Å²) in [6.07, 6.45) is 3.24. The monoisotopic (exact) mass is 265 g/mol. The zero-order valence-electron chi connectivity index (χ0n) is 11.5. The maximum atomic E-state index is 10.1. The maximum absolute atomic E-state index is 10.1. The lowest BCUT2D eigenvalue weighted by molar-refractivity contribution is 0.245. The largest absolute Gasteiger partial charge is 0.504 e. The molecule has 0 heterocycles. The summed E-state index contributed by atoms with van der Waals surface area (Å²) >= 11 is 0. The van der Waals surface area contributed by atoms with Gasteiger partial charge in [0.2, 0.25) is 0 Å². The van der Waals surface area contributed by atoms with E-state index in [2.05, 4.69) is 5.32 Å². The first-order valence-electron chi connectivity index (χ1n) is 6.96. The van der Waals surface area contributed by atoms with Gasteiger partial charge in [0.05, 0.1) is 6.61 Å². The first-order chi connectivity index (χ1) is 9.21. The topological polar surface area (TPSA) is 61.7 Å². The van der Waals surface area contributed by atoms with Crippen LogP contribution in [0.3, 0.4) is 0 Å². The highest BCUT2D eigenvalue weighted by atomic mass is 16.5. The van der Waals surface area contributed by atoms with Crippen molar-refractivity contribution in [3.05, 3.63) is 23.8 Å². The van der Waals surface area contributed by atoms with E-state index in [-0.39, 0.29) is 12.4 Å². The fraction of sp³-hybridized carbons (Fsp3) is 0.600. The van der Waals surface area contributed by atoms with E-state index in [0.29, 0.717) is 24.3 Å². The van der Waals surface area contributed by atoms with Crippen LogP contribution in [0.2, 0.25) is 0 Å². The molecule has 1 saturated carbocycles. The molecule has 1 fully saturated rings. The third-order valence-corrected chi connectivity index (χ3v) is 3.80. The van der Waals surface area contributed by atoms with Gasteiger partial charge in [-0.1, -0.05) is 12.1 Å². The van der Waals surface area contributed by atoms with E-state index in [1.165, 1.54) is 12.8 Å². The molecule has 0 atom stereocenters. The van der Waals surface area contributed by atoms with Crippen molar-refractivity contribution in [1.29, 1.82) is 0 Å². The zero-order chi connectivity index (χ0) is 13.7. The highest BCUT2D eigenvalue weighted by Gasteiger charge is 2.41. The smallest absolute Gasteiger partial charge is 0.162 e. The molecule has 19 heavy (non-hydrogen) atoms. The number of phenolic OH excluding ortho intramolecular Hbond substituents is 1. The lowest BCUT2D eigenvalue weighted by Gasteiger charge is -2.15. The molecule has 106 valence electrons. The summed E-state index contributed by atoms with van der Waals surface area (Å²) in [6.45, 7) is 4.22. The summed E-state index contributed by atoms with van der Waals surface area (Å²) < 4.78 is 5.36. The number of nitrogens with one attached hydrogen (secondary N) is 1. The molecule has 0 amide bonds. The Kier molecular flexibility index (Phi) is 4.66. The summed E-state index contributed by atoms with van der Waals surface area (Å²) in [5, 5.41) is 22.4. The Balaban J connectivity index is 1.87. The molecule has 1 aromatic carbocycles.